The van der Waals surface area contributed by atoms with Crippen molar-refractivity contribution in [2.45, 2.75) is 13.3 Å². The molecule has 1 unspecified atom stereocenters. The summed E-state index contributed by atoms with van der Waals surface area (Å²) in [5.74, 6) is 2.91. The van der Waals surface area contributed by atoms with Gasteiger partial charge >= 0.3 is 0 Å². The molecular weight excluding hydrogens is 256 g/mol. The van der Waals surface area contributed by atoms with E-state index in [1.54, 1.807) is 12.1 Å². The van der Waals surface area contributed by atoms with Crippen molar-refractivity contribution in [3.8, 4) is 0 Å². The van der Waals surface area contributed by atoms with Crippen LogP contribution in [0.5, 0.6) is 0 Å². The van der Waals surface area contributed by atoms with Gasteiger partial charge in [-0.05, 0) is 42.9 Å². The molecule has 0 spiro atoms. The molecule has 1 saturated heterocycles. The topological polar surface area (TPSA) is 42.0 Å². The van der Waals surface area contributed by atoms with Crippen LogP contribution in [0.3, 0.4) is 0 Å². The molecule has 17 heavy (non-hydrogen) atoms. The van der Waals surface area contributed by atoms with Crippen molar-refractivity contribution in [2.75, 3.05) is 18.1 Å². The lowest BCUT2D eigenvalue weighted by molar-refractivity contribution is 0.0948. The highest BCUT2D eigenvalue weighted by Crippen LogP contribution is 2.22. The molecule has 0 radical (unpaired) electrons. The molecule has 0 aliphatic carbocycles. The standard InChI is InChI=1S/C12H15ClN2OS/c1-8-4-10(5-11(13)15-8)12(16)14-6-9-2-3-17-7-9/h4-5,9H,2-3,6-7H2,1H3,(H,14,16). The molecule has 2 rings (SSSR count). The lowest BCUT2D eigenvalue weighted by Gasteiger charge is -2.10. The Morgan fingerprint density at radius 1 is 1.65 bits per heavy atom. The van der Waals surface area contributed by atoms with Gasteiger partial charge in [0.15, 0.2) is 0 Å². The summed E-state index contributed by atoms with van der Waals surface area (Å²) in [5, 5.41) is 3.32. The van der Waals surface area contributed by atoms with E-state index in [4.69, 9.17) is 11.6 Å². The molecule has 1 N–H and O–H groups in total. The number of hydrogen-bond acceptors (Lipinski definition) is 3. The lowest BCUT2D eigenvalue weighted by atomic mass is 10.1. The third kappa shape index (κ3) is 3.61. The summed E-state index contributed by atoms with van der Waals surface area (Å²) in [6.07, 6.45) is 1.20. The molecule has 1 aromatic rings. The molecule has 0 aromatic carbocycles. The molecule has 1 fully saturated rings. The minimum atomic E-state index is -0.0608. The zero-order valence-corrected chi connectivity index (χ0v) is 11.3. The second kappa shape index (κ2) is 5.74. The number of halogens is 1. The molecular formula is C12H15ClN2OS. The van der Waals surface area contributed by atoms with Gasteiger partial charge in [0.1, 0.15) is 5.15 Å². The summed E-state index contributed by atoms with van der Waals surface area (Å²) in [7, 11) is 0. The molecule has 1 aliphatic heterocycles. The minimum absolute atomic E-state index is 0.0608. The monoisotopic (exact) mass is 270 g/mol. The van der Waals surface area contributed by atoms with Gasteiger partial charge in [0.05, 0.1) is 0 Å². The van der Waals surface area contributed by atoms with Crippen LogP contribution in [-0.2, 0) is 0 Å². The number of rotatable bonds is 3. The van der Waals surface area contributed by atoms with Gasteiger partial charge in [0.25, 0.3) is 5.91 Å². The van der Waals surface area contributed by atoms with Gasteiger partial charge in [-0.25, -0.2) is 4.98 Å². The second-order valence-electron chi connectivity index (χ2n) is 4.26. The zero-order chi connectivity index (χ0) is 12.3. The Morgan fingerprint density at radius 2 is 2.47 bits per heavy atom. The molecule has 1 atom stereocenters. The summed E-state index contributed by atoms with van der Waals surface area (Å²) in [4.78, 5) is 15.9. The van der Waals surface area contributed by atoms with Crippen molar-refractivity contribution in [1.29, 1.82) is 0 Å². The second-order valence-corrected chi connectivity index (χ2v) is 5.80. The molecule has 92 valence electrons. The van der Waals surface area contributed by atoms with E-state index in [1.165, 1.54) is 12.2 Å². The molecule has 1 amide bonds. The third-order valence-electron chi connectivity index (χ3n) is 2.76. The largest absolute Gasteiger partial charge is 0.352 e. The number of nitrogens with zero attached hydrogens (tertiary/aromatic N) is 1. The maximum atomic E-state index is 11.9. The van der Waals surface area contributed by atoms with Gasteiger partial charge in [-0.15, -0.1) is 0 Å². The zero-order valence-electron chi connectivity index (χ0n) is 9.70. The summed E-state index contributed by atoms with van der Waals surface area (Å²) in [6.45, 7) is 2.58. The number of carbonyl (C=O) groups is 1. The lowest BCUT2D eigenvalue weighted by Crippen LogP contribution is -2.29. The maximum absolute atomic E-state index is 11.9. The first kappa shape index (κ1) is 12.7. The maximum Gasteiger partial charge on any atom is 0.251 e. The summed E-state index contributed by atoms with van der Waals surface area (Å²) >= 11 is 7.78. The molecule has 2 heterocycles. The molecule has 5 heteroatoms. The van der Waals surface area contributed by atoms with Crippen LogP contribution >= 0.6 is 23.4 Å². The summed E-state index contributed by atoms with van der Waals surface area (Å²) in [5.41, 5.74) is 1.35. The van der Waals surface area contributed by atoms with E-state index in [0.29, 0.717) is 16.6 Å². The van der Waals surface area contributed by atoms with Gasteiger partial charge in [-0.2, -0.15) is 11.8 Å². The van der Waals surface area contributed by atoms with E-state index in [1.807, 2.05) is 18.7 Å². The van der Waals surface area contributed by atoms with E-state index in [-0.39, 0.29) is 5.91 Å². The average molecular weight is 271 g/mol. The summed E-state index contributed by atoms with van der Waals surface area (Å²) in [6, 6.07) is 3.36. The fourth-order valence-electron chi connectivity index (χ4n) is 1.84. The number of aryl methyl sites for hydroxylation is 1. The Kier molecular flexibility index (Phi) is 4.29. The number of thioether (sulfide) groups is 1. The highest BCUT2D eigenvalue weighted by Gasteiger charge is 2.16. The van der Waals surface area contributed by atoms with Gasteiger partial charge in [-0.1, -0.05) is 11.6 Å². The van der Waals surface area contributed by atoms with Crippen molar-refractivity contribution >= 4 is 29.3 Å². The first-order valence-electron chi connectivity index (χ1n) is 5.65. The van der Waals surface area contributed by atoms with Crippen molar-refractivity contribution in [2.24, 2.45) is 5.92 Å². The Labute approximate surface area is 110 Å². The van der Waals surface area contributed by atoms with Crippen molar-refractivity contribution in [1.82, 2.24) is 10.3 Å². The van der Waals surface area contributed by atoms with Crippen LogP contribution in [0.4, 0.5) is 0 Å². The van der Waals surface area contributed by atoms with Crippen molar-refractivity contribution in [3.63, 3.8) is 0 Å². The SMILES string of the molecule is Cc1cc(C(=O)NCC2CCSC2)cc(Cl)n1. The van der Waals surface area contributed by atoms with Crippen molar-refractivity contribution < 1.29 is 4.79 Å². The predicted molar refractivity (Wildman–Crippen MR) is 71.7 cm³/mol. The fourth-order valence-corrected chi connectivity index (χ4v) is 3.38. The minimum Gasteiger partial charge on any atom is -0.352 e. The van der Waals surface area contributed by atoms with Crippen LogP contribution < -0.4 is 5.32 Å². The fraction of sp³-hybridized carbons (Fsp3) is 0.500. The van der Waals surface area contributed by atoms with E-state index in [0.717, 1.165) is 18.0 Å². The molecule has 1 aliphatic rings. The molecule has 1 aromatic heterocycles. The average Bonchev–Trinajstić information content (AvgIpc) is 2.77. The Balaban J connectivity index is 1.94. The van der Waals surface area contributed by atoms with E-state index in [9.17, 15) is 4.79 Å². The van der Waals surface area contributed by atoms with Crippen LogP contribution in [0.2, 0.25) is 5.15 Å². The van der Waals surface area contributed by atoms with Crippen LogP contribution in [0.25, 0.3) is 0 Å². The number of nitrogens with one attached hydrogen (secondary N) is 1. The highest BCUT2D eigenvalue weighted by atomic mass is 35.5. The van der Waals surface area contributed by atoms with Crippen LogP contribution in [-0.4, -0.2) is 28.9 Å². The van der Waals surface area contributed by atoms with Gasteiger partial charge in [0.2, 0.25) is 0 Å². The Bertz CT molecular complexity index is 399. The van der Waals surface area contributed by atoms with E-state index in [2.05, 4.69) is 10.3 Å². The van der Waals surface area contributed by atoms with E-state index >= 15 is 0 Å². The highest BCUT2D eigenvalue weighted by molar-refractivity contribution is 7.99. The smallest absolute Gasteiger partial charge is 0.251 e. The third-order valence-corrected chi connectivity index (χ3v) is 4.18. The Morgan fingerprint density at radius 3 is 3.12 bits per heavy atom. The van der Waals surface area contributed by atoms with Crippen LogP contribution in [0.1, 0.15) is 22.5 Å². The molecule has 3 nitrogen and oxygen atoms in total. The number of pyridine rings is 1. The first-order chi connectivity index (χ1) is 8.15. The quantitative estimate of drug-likeness (QED) is 0.859. The number of carbonyl (C=O) groups excluding carboxylic acids is 1. The van der Waals surface area contributed by atoms with Crippen LogP contribution in [0.15, 0.2) is 12.1 Å². The predicted octanol–water partition coefficient (Wildman–Crippen LogP) is 2.53. The summed E-state index contributed by atoms with van der Waals surface area (Å²) < 4.78 is 0. The number of amides is 1. The Hall–Kier alpha value is -0.740. The first-order valence-corrected chi connectivity index (χ1v) is 7.18. The number of hydrogen-bond donors (Lipinski definition) is 1. The van der Waals surface area contributed by atoms with Crippen molar-refractivity contribution in [3.05, 3.63) is 28.5 Å². The normalized spacial score (nSPS) is 19.3. The van der Waals surface area contributed by atoms with E-state index < -0.39 is 0 Å². The molecule has 0 saturated carbocycles. The molecule has 0 bridgehead atoms. The van der Waals surface area contributed by atoms with Gasteiger partial charge in [0, 0.05) is 17.8 Å². The van der Waals surface area contributed by atoms with Crippen LogP contribution in [0, 0.1) is 12.8 Å². The van der Waals surface area contributed by atoms with Gasteiger partial charge in [-0.3, -0.25) is 4.79 Å². The van der Waals surface area contributed by atoms with Gasteiger partial charge < -0.3 is 5.32 Å². The number of aromatic nitrogens is 1.